The molecule has 0 aliphatic carbocycles. The molecule has 1 aromatic carbocycles. The lowest BCUT2D eigenvalue weighted by Gasteiger charge is -2.43. The van der Waals surface area contributed by atoms with Crippen LogP contribution in [-0.2, 0) is 0 Å². The van der Waals surface area contributed by atoms with Crippen molar-refractivity contribution < 1.29 is 9.84 Å². The average molecular weight is 349 g/mol. The number of hydrogen-bond acceptors (Lipinski definition) is 4. The van der Waals surface area contributed by atoms with Crippen molar-refractivity contribution in [1.29, 1.82) is 0 Å². The number of methoxy groups -OCH3 is 1. The third-order valence-corrected chi connectivity index (χ3v) is 4.47. The Kier molecular flexibility index (Phi) is 7.42. The number of aliphatic hydroxyl groups excluding tert-OH is 1. The Labute approximate surface area is 144 Å². The number of hydrogen-bond donors (Lipinski definition) is 2. The van der Waals surface area contributed by atoms with Crippen molar-refractivity contribution in [2.24, 2.45) is 5.41 Å². The van der Waals surface area contributed by atoms with Gasteiger partial charge in [-0.25, -0.2) is 0 Å². The molecule has 6 heteroatoms. The molecule has 0 unspecified atom stereocenters. The van der Waals surface area contributed by atoms with Crippen LogP contribution in [0.1, 0.15) is 25.5 Å². The second-order valence-electron chi connectivity index (χ2n) is 6.23. The molecule has 0 spiro atoms. The molecule has 0 radical (unpaired) electrons. The monoisotopic (exact) mass is 348 g/mol. The van der Waals surface area contributed by atoms with Crippen molar-refractivity contribution in [3.8, 4) is 5.75 Å². The van der Waals surface area contributed by atoms with E-state index in [0.717, 1.165) is 31.7 Å². The smallest absolute Gasteiger partial charge is 0.137 e. The predicted molar refractivity (Wildman–Crippen MR) is 93.3 cm³/mol. The quantitative estimate of drug-likeness (QED) is 0.858. The first-order valence-electron chi connectivity index (χ1n) is 7.38. The van der Waals surface area contributed by atoms with Crippen LogP contribution in [-0.4, -0.2) is 49.9 Å². The molecule has 4 nitrogen and oxygen atoms in total. The minimum absolute atomic E-state index is 0. The largest absolute Gasteiger partial charge is 0.495 e. The second-order valence-corrected chi connectivity index (χ2v) is 6.64. The molecule has 0 bridgehead atoms. The summed E-state index contributed by atoms with van der Waals surface area (Å²) in [5.41, 5.74) is 0.896. The van der Waals surface area contributed by atoms with Gasteiger partial charge in [0.1, 0.15) is 5.75 Å². The summed E-state index contributed by atoms with van der Waals surface area (Å²) >= 11 is 6.14. The number of rotatable bonds is 5. The molecule has 1 aromatic rings. The number of ether oxygens (including phenoxy) is 1. The standard InChI is InChI=1S/C16H25ClN2O2.ClH/c1-16(2,11-20)15(19-8-6-18-7-9-19)12-4-5-13(17)14(10-12)21-3;/h4-5,10,15,18,20H,6-9,11H2,1-3H3;1H/t15-;/m0./s1. The van der Waals surface area contributed by atoms with Crippen LogP contribution in [0.2, 0.25) is 5.02 Å². The summed E-state index contributed by atoms with van der Waals surface area (Å²) in [6.45, 7) is 8.22. The molecule has 0 saturated carbocycles. The van der Waals surface area contributed by atoms with E-state index in [-0.39, 0.29) is 30.5 Å². The van der Waals surface area contributed by atoms with Crippen LogP contribution in [0.4, 0.5) is 0 Å². The molecule has 1 saturated heterocycles. The zero-order valence-corrected chi connectivity index (χ0v) is 15.0. The maximum absolute atomic E-state index is 9.84. The van der Waals surface area contributed by atoms with E-state index in [0.29, 0.717) is 10.8 Å². The fourth-order valence-electron chi connectivity index (χ4n) is 3.03. The summed E-state index contributed by atoms with van der Waals surface area (Å²) in [7, 11) is 1.63. The van der Waals surface area contributed by atoms with E-state index in [1.54, 1.807) is 7.11 Å². The summed E-state index contributed by atoms with van der Waals surface area (Å²) in [4.78, 5) is 2.43. The van der Waals surface area contributed by atoms with Crippen LogP contribution in [0.15, 0.2) is 18.2 Å². The zero-order valence-electron chi connectivity index (χ0n) is 13.4. The Morgan fingerprint density at radius 3 is 2.55 bits per heavy atom. The lowest BCUT2D eigenvalue weighted by atomic mass is 9.79. The van der Waals surface area contributed by atoms with E-state index in [9.17, 15) is 5.11 Å². The first-order chi connectivity index (χ1) is 9.99. The van der Waals surface area contributed by atoms with Gasteiger partial charge in [-0.15, -0.1) is 12.4 Å². The highest BCUT2D eigenvalue weighted by Gasteiger charge is 2.35. The summed E-state index contributed by atoms with van der Waals surface area (Å²) in [5.74, 6) is 0.683. The van der Waals surface area contributed by atoms with Gasteiger partial charge in [0.15, 0.2) is 0 Å². The summed E-state index contributed by atoms with van der Waals surface area (Å²) < 4.78 is 5.34. The second kappa shape index (κ2) is 8.37. The topological polar surface area (TPSA) is 44.7 Å². The minimum Gasteiger partial charge on any atom is -0.495 e. The molecule has 126 valence electrons. The van der Waals surface area contributed by atoms with Gasteiger partial charge in [-0.05, 0) is 17.7 Å². The van der Waals surface area contributed by atoms with Gasteiger partial charge in [-0.3, -0.25) is 4.90 Å². The van der Waals surface area contributed by atoms with Gasteiger partial charge in [0, 0.05) is 44.2 Å². The molecule has 1 heterocycles. The van der Waals surface area contributed by atoms with Gasteiger partial charge >= 0.3 is 0 Å². The van der Waals surface area contributed by atoms with Gasteiger partial charge in [0.05, 0.1) is 12.1 Å². The fourth-order valence-corrected chi connectivity index (χ4v) is 3.22. The van der Waals surface area contributed by atoms with Crippen LogP contribution in [0.5, 0.6) is 5.75 Å². The molecular weight excluding hydrogens is 323 g/mol. The number of aliphatic hydroxyl groups is 1. The van der Waals surface area contributed by atoms with Crippen LogP contribution in [0.25, 0.3) is 0 Å². The summed E-state index contributed by atoms with van der Waals surface area (Å²) in [6, 6.07) is 6.04. The fraction of sp³-hybridized carbons (Fsp3) is 0.625. The third kappa shape index (κ3) is 4.27. The van der Waals surface area contributed by atoms with Gasteiger partial charge in [-0.1, -0.05) is 31.5 Å². The number of halogens is 2. The Balaban J connectivity index is 0.00000242. The van der Waals surface area contributed by atoms with E-state index >= 15 is 0 Å². The van der Waals surface area contributed by atoms with Crippen molar-refractivity contribution in [3.05, 3.63) is 28.8 Å². The number of nitrogens with one attached hydrogen (secondary N) is 1. The van der Waals surface area contributed by atoms with Gasteiger partial charge < -0.3 is 15.2 Å². The van der Waals surface area contributed by atoms with E-state index in [2.05, 4.69) is 24.1 Å². The van der Waals surface area contributed by atoms with E-state index in [1.807, 2.05) is 18.2 Å². The number of benzene rings is 1. The Morgan fingerprint density at radius 2 is 2.00 bits per heavy atom. The maximum Gasteiger partial charge on any atom is 0.137 e. The van der Waals surface area contributed by atoms with Crippen molar-refractivity contribution in [1.82, 2.24) is 10.2 Å². The van der Waals surface area contributed by atoms with Crippen molar-refractivity contribution >= 4 is 24.0 Å². The SMILES string of the molecule is COc1cc([C@H](N2CCNCC2)C(C)(C)CO)ccc1Cl.Cl. The normalized spacial score (nSPS) is 17.7. The van der Waals surface area contributed by atoms with Crippen molar-refractivity contribution in [2.45, 2.75) is 19.9 Å². The molecule has 1 atom stereocenters. The van der Waals surface area contributed by atoms with Crippen LogP contribution in [0.3, 0.4) is 0 Å². The summed E-state index contributed by atoms with van der Waals surface area (Å²) in [6.07, 6.45) is 0. The number of nitrogens with zero attached hydrogens (tertiary/aromatic N) is 1. The first kappa shape index (κ1) is 19.5. The molecule has 1 aliphatic rings. The molecule has 2 rings (SSSR count). The Morgan fingerprint density at radius 1 is 1.36 bits per heavy atom. The highest BCUT2D eigenvalue weighted by molar-refractivity contribution is 6.32. The van der Waals surface area contributed by atoms with Crippen LogP contribution >= 0.6 is 24.0 Å². The minimum atomic E-state index is -0.240. The van der Waals surface area contributed by atoms with Gasteiger partial charge in [-0.2, -0.15) is 0 Å². The molecule has 0 amide bonds. The molecule has 1 aliphatic heterocycles. The summed E-state index contributed by atoms with van der Waals surface area (Å²) in [5, 5.41) is 13.8. The third-order valence-electron chi connectivity index (χ3n) is 4.16. The van der Waals surface area contributed by atoms with E-state index < -0.39 is 0 Å². The molecule has 0 aromatic heterocycles. The molecule has 1 fully saturated rings. The highest BCUT2D eigenvalue weighted by Crippen LogP contribution is 2.40. The van der Waals surface area contributed by atoms with Gasteiger partial charge in [0.2, 0.25) is 0 Å². The molecular formula is C16H26Cl2N2O2. The number of piperazine rings is 1. The van der Waals surface area contributed by atoms with E-state index in [1.165, 1.54) is 0 Å². The average Bonchev–Trinajstić information content (AvgIpc) is 2.50. The molecule has 22 heavy (non-hydrogen) atoms. The lowest BCUT2D eigenvalue weighted by Crippen LogP contribution is -2.49. The maximum atomic E-state index is 9.84. The Bertz CT molecular complexity index is 477. The lowest BCUT2D eigenvalue weighted by molar-refractivity contribution is 0.0304. The molecule has 2 N–H and O–H groups in total. The van der Waals surface area contributed by atoms with Crippen molar-refractivity contribution in [3.63, 3.8) is 0 Å². The van der Waals surface area contributed by atoms with Gasteiger partial charge in [0.25, 0.3) is 0 Å². The van der Waals surface area contributed by atoms with E-state index in [4.69, 9.17) is 16.3 Å². The highest BCUT2D eigenvalue weighted by atomic mass is 35.5. The predicted octanol–water partition coefficient (Wildman–Crippen LogP) is 2.74. The zero-order chi connectivity index (χ0) is 15.5. The van der Waals surface area contributed by atoms with Crippen molar-refractivity contribution in [2.75, 3.05) is 39.9 Å². The van der Waals surface area contributed by atoms with Crippen LogP contribution in [0, 0.1) is 5.41 Å². The Hall–Kier alpha value is -0.520. The first-order valence-corrected chi connectivity index (χ1v) is 7.76. The van der Waals surface area contributed by atoms with Crippen LogP contribution < -0.4 is 10.1 Å².